The normalized spacial score (nSPS) is 15.2. The average molecular weight is 318 g/mol. The molecule has 19 heavy (non-hydrogen) atoms. The van der Waals surface area contributed by atoms with E-state index in [-0.39, 0.29) is 5.91 Å². The molecule has 0 saturated carbocycles. The second-order valence-corrected chi connectivity index (χ2v) is 7.16. The first-order chi connectivity index (χ1) is 9.28. The van der Waals surface area contributed by atoms with Gasteiger partial charge in [0.2, 0.25) is 16.2 Å². The summed E-state index contributed by atoms with van der Waals surface area (Å²) in [6.07, 6.45) is 1.10. The molecule has 106 valence electrons. The van der Waals surface area contributed by atoms with Gasteiger partial charge in [-0.15, -0.1) is 0 Å². The Bertz CT molecular complexity index is 408. The zero-order valence-electron chi connectivity index (χ0n) is 10.8. The third-order valence-corrected chi connectivity index (χ3v) is 5.51. The number of hydrogen-bond donors (Lipinski definition) is 2. The number of rotatable bonds is 8. The van der Waals surface area contributed by atoms with Gasteiger partial charge in [0.1, 0.15) is 0 Å². The van der Waals surface area contributed by atoms with Crippen molar-refractivity contribution in [2.24, 2.45) is 5.92 Å². The van der Waals surface area contributed by atoms with Crippen LogP contribution in [0.25, 0.3) is 0 Å². The van der Waals surface area contributed by atoms with E-state index in [1.54, 1.807) is 23.5 Å². The summed E-state index contributed by atoms with van der Waals surface area (Å²) < 4.78 is 4.20. The molecule has 1 aromatic rings. The lowest BCUT2D eigenvalue weighted by molar-refractivity contribution is -0.113. The van der Waals surface area contributed by atoms with Crippen molar-refractivity contribution in [3.63, 3.8) is 0 Å². The summed E-state index contributed by atoms with van der Waals surface area (Å²) >= 11 is 4.56. The molecule has 2 N–H and O–H groups in total. The van der Waals surface area contributed by atoms with Crippen molar-refractivity contribution in [1.29, 1.82) is 0 Å². The van der Waals surface area contributed by atoms with Crippen LogP contribution in [-0.4, -0.2) is 45.6 Å². The van der Waals surface area contributed by atoms with Crippen LogP contribution in [0.15, 0.2) is 5.16 Å². The minimum absolute atomic E-state index is 0.0143. The zero-order valence-corrected chi connectivity index (χ0v) is 13.3. The Labute approximate surface area is 125 Å². The first kappa shape index (κ1) is 15.1. The quantitative estimate of drug-likeness (QED) is 0.714. The molecule has 1 aromatic heterocycles. The third kappa shape index (κ3) is 5.29. The van der Waals surface area contributed by atoms with Crippen LogP contribution in [0.4, 0.5) is 5.13 Å². The predicted octanol–water partition coefficient (Wildman–Crippen LogP) is 1.93. The van der Waals surface area contributed by atoms with Crippen LogP contribution in [0.1, 0.15) is 13.3 Å². The topological polar surface area (TPSA) is 66.9 Å². The minimum atomic E-state index is 0.0143. The second-order valence-electron chi connectivity index (χ2n) is 4.32. The molecule has 1 aliphatic heterocycles. The molecule has 5 nitrogen and oxygen atoms in total. The minimum Gasteiger partial charge on any atom is -0.316 e. The van der Waals surface area contributed by atoms with E-state index in [2.05, 4.69) is 26.9 Å². The van der Waals surface area contributed by atoms with Crippen LogP contribution in [0.3, 0.4) is 0 Å². The summed E-state index contributed by atoms with van der Waals surface area (Å²) in [4.78, 5) is 16.0. The van der Waals surface area contributed by atoms with Crippen LogP contribution in [0.5, 0.6) is 0 Å². The SMILES string of the molecule is CCCSc1nsc(NC(=O)CSCC2CNC2)n1. The lowest BCUT2D eigenvalue weighted by atomic mass is 10.1. The molecular formula is C11H18N4OS3. The Kier molecular flexibility index (Phi) is 6.42. The predicted molar refractivity (Wildman–Crippen MR) is 83.2 cm³/mol. The van der Waals surface area contributed by atoms with Gasteiger partial charge in [-0.25, -0.2) is 0 Å². The molecule has 0 atom stereocenters. The van der Waals surface area contributed by atoms with Crippen molar-refractivity contribution in [2.75, 3.05) is 35.7 Å². The Morgan fingerprint density at radius 2 is 2.42 bits per heavy atom. The van der Waals surface area contributed by atoms with Gasteiger partial charge in [0, 0.05) is 17.3 Å². The highest BCUT2D eigenvalue weighted by molar-refractivity contribution is 8.00. The summed E-state index contributed by atoms with van der Waals surface area (Å²) in [6.45, 7) is 4.29. The highest BCUT2D eigenvalue weighted by atomic mass is 32.2. The molecular weight excluding hydrogens is 300 g/mol. The standard InChI is InChI=1S/C11H18N4OS3/c1-2-3-18-11-14-10(19-15-11)13-9(16)7-17-6-8-4-12-5-8/h8,12H,2-7H2,1H3,(H,13,14,15,16). The monoisotopic (exact) mass is 318 g/mol. The number of carbonyl (C=O) groups excluding carboxylic acids is 1. The number of anilines is 1. The maximum Gasteiger partial charge on any atom is 0.236 e. The number of amides is 1. The highest BCUT2D eigenvalue weighted by Crippen LogP contribution is 2.20. The second kappa shape index (κ2) is 8.08. The Hall–Kier alpha value is -0.310. The van der Waals surface area contributed by atoms with E-state index < -0.39 is 0 Å². The molecule has 0 aromatic carbocycles. The maximum absolute atomic E-state index is 11.7. The molecule has 1 saturated heterocycles. The Morgan fingerprint density at radius 3 is 3.11 bits per heavy atom. The molecule has 2 rings (SSSR count). The number of carbonyl (C=O) groups is 1. The van der Waals surface area contributed by atoms with Gasteiger partial charge in [0.25, 0.3) is 0 Å². The number of nitrogens with zero attached hydrogens (tertiary/aromatic N) is 2. The van der Waals surface area contributed by atoms with Gasteiger partial charge in [-0.3, -0.25) is 10.1 Å². The van der Waals surface area contributed by atoms with E-state index >= 15 is 0 Å². The van der Waals surface area contributed by atoms with E-state index in [1.807, 2.05) is 0 Å². The molecule has 0 unspecified atom stereocenters. The molecule has 1 amide bonds. The summed E-state index contributed by atoms with van der Waals surface area (Å²) in [5, 5.41) is 7.40. The van der Waals surface area contributed by atoms with Crippen LogP contribution >= 0.6 is 35.1 Å². The van der Waals surface area contributed by atoms with E-state index in [9.17, 15) is 4.79 Å². The highest BCUT2D eigenvalue weighted by Gasteiger charge is 2.17. The van der Waals surface area contributed by atoms with Crippen LogP contribution < -0.4 is 10.6 Å². The first-order valence-corrected chi connectivity index (χ1v) is 9.24. The lowest BCUT2D eigenvalue weighted by Crippen LogP contribution is -2.43. The summed E-state index contributed by atoms with van der Waals surface area (Å²) in [6, 6.07) is 0. The number of thioether (sulfide) groups is 2. The van der Waals surface area contributed by atoms with Crippen molar-refractivity contribution < 1.29 is 4.79 Å². The molecule has 8 heteroatoms. The van der Waals surface area contributed by atoms with Gasteiger partial charge in [-0.2, -0.15) is 21.1 Å². The molecule has 0 bridgehead atoms. The van der Waals surface area contributed by atoms with E-state index in [0.29, 0.717) is 10.9 Å². The molecule has 2 heterocycles. The molecule has 0 radical (unpaired) electrons. The van der Waals surface area contributed by atoms with E-state index in [1.165, 1.54) is 11.5 Å². The van der Waals surface area contributed by atoms with E-state index in [4.69, 9.17) is 0 Å². The number of nitrogens with one attached hydrogen (secondary N) is 2. The van der Waals surface area contributed by atoms with Gasteiger partial charge in [0.05, 0.1) is 5.75 Å². The van der Waals surface area contributed by atoms with Crippen molar-refractivity contribution >= 4 is 46.1 Å². The third-order valence-electron chi connectivity index (χ3n) is 2.54. The van der Waals surface area contributed by atoms with Crippen molar-refractivity contribution in [3.8, 4) is 0 Å². The Morgan fingerprint density at radius 1 is 1.58 bits per heavy atom. The number of aromatic nitrogens is 2. The molecule has 1 aliphatic rings. The van der Waals surface area contributed by atoms with Crippen LogP contribution in [0, 0.1) is 5.92 Å². The smallest absolute Gasteiger partial charge is 0.236 e. The number of hydrogen-bond acceptors (Lipinski definition) is 7. The fraction of sp³-hybridized carbons (Fsp3) is 0.727. The summed E-state index contributed by atoms with van der Waals surface area (Å²) in [7, 11) is 0. The van der Waals surface area contributed by atoms with Crippen LogP contribution in [-0.2, 0) is 4.79 Å². The molecule has 0 aliphatic carbocycles. The molecule has 0 spiro atoms. The fourth-order valence-corrected chi connectivity index (χ4v) is 3.81. The summed E-state index contributed by atoms with van der Waals surface area (Å²) in [5.41, 5.74) is 0. The fourth-order valence-electron chi connectivity index (χ4n) is 1.45. The van der Waals surface area contributed by atoms with Crippen molar-refractivity contribution in [2.45, 2.75) is 18.5 Å². The summed E-state index contributed by atoms with van der Waals surface area (Å²) in [5.74, 6) is 3.30. The van der Waals surface area contributed by atoms with Crippen molar-refractivity contribution in [1.82, 2.24) is 14.7 Å². The van der Waals surface area contributed by atoms with Crippen LogP contribution in [0.2, 0.25) is 0 Å². The van der Waals surface area contributed by atoms with Gasteiger partial charge in [0.15, 0.2) is 0 Å². The van der Waals surface area contributed by atoms with Crippen molar-refractivity contribution in [3.05, 3.63) is 0 Å². The lowest BCUT2D eigenvalue weighted by Gasteiger charge is -2.26. The van der Waals surface area contributed by atoms with Gasteiger partial charge in [-0.1, -0.05) is 18.7 Å². The van der Waals surface area contributed by atoms with Gasteiger partial charge < -0.3 is 5.32 Å². The van der Waals surface area contributed by atoms with E-state index in [0.717, 1.165) is 42.1 Å². The largest absolute Gasteiger partial charge is 0.316 e. The molecule has 1 fully saturated rings. The first-order valence-electron chi connectivity index (χ1n) is 6.32. The van der Waals surface area contributed by atoms with Gasteiger partial charge in [-0.05, 0) is 31.2 Å². The van der Waals surface area contributed by atoms with Gasteiger partial charge >= 0.3 is 0 Å². The zero-order chi connectivity index (χ0) is 13.5. The average Bonchev–Trinajstić information content (AvgIpc) is 2.77. The Balaban J connectivity index is 1.64. The maximum atomic E-state index is 11.7.